The van der Waals surface area contributed by atoms with Gasteiger partial charge in [-0.05, 0) is 81.7 Å². The Morgan fingerprint density at radius 2 is 1.71 bits per heavy atom. The number of nitrogens with one attached hydrogen (secondary N) is 1. The first-order valence-electron chi connectivity index (χ1n) is 17.4. The molecule has 1 atom stereocenters. The van der Waals surface area contributed by atoms with Gasteiger partial charge in [-0.1, -0.05) is 68.0 Å². The topological polar surface area (TPSA) is 89.6 Å². The highest BCUT2D eigenvalue weighted by molar-refractivity contribution is 5.93. The van der Waals surface area contributed by atoms with Crippen LogP contribution in [0.1, 0.15) is 82.6 Å². The summed E-state index contributed by atoms with van der Waals surface area (Å²) in [6, 6.07) is 22.1. The largest absolute Gasteiger partial charge is 0.489 e. The van der Waals surface area contributed by atoms with Crippen molar-refractivity contribution in [1.29, 1.82) is 0 Å². The van der Waals surface area contributed by atoms with Crippen LogP contribution >= 0.6 is 0 Å². The Bertz CT molecular complexity index is 1450. The first kappa shape index (κ1) is 36.9. The first-order valence-corrected chi connectivity index (χ1v) is 17.4. The average Bonchev–Trinajstić information content (AvgIpc) is 3.09. The van der Waals surface area contributed by atoms with Gasteiger partial charge in [0.25, 0.3) is 5.91 Å². The molecule has 0 spiro atoms. The smallest absolute Gasteiger partial charge is 0.410 e. The molecule has 0 bridgehead atoms. The Morgan fingerprint density at radius 1 is 0.958 bits per heavy atom. The van der Waals surface area contributed by atoms with E-state index in [4.69, 9.17) is 19.0 Å². The van der Waals surface area contributed by atoms with Crippen molar-refractivity contribution in [1.82, 2.24) is 15.3 Å². The van der Waals surface area contributed by atoms with E-state index in [1.165, 1.54) is 0 Å². The molecule has 1 N–H and O–H groups in total. The number of hydroxylamine groups is 1. The zero-order chi connectivity index (χ0) is 34.3. The zero-order valence-corrected chi connectivity index (χ0v) is 29.3. The van der Waals surface area contributed by atoms with Gasteiger partial charge in [0.15, 0.2) is 6.29 Å². The van der Waals surface area contributed by atoms with Gasteiger partial charge in [0.2, 0.25) is 0 Å². The fraction of sp³-hybridized carbons (Fsp3) is 0.487. The summed E-state index contributed by atoms with van der Waals surface area (Å²) < 4.78 is 17.7. The second kappa shape index (κ2) is 19.2. The van der Waals surface area contributed by atoms with Crippen LogP contribution in [0.15, 0.2) is 72.3 Å². The molecule has 260 valence electrons. The third-order valence-electron chi connectivity index (χ3n) is 8.46. The van der Waals surface area contributed by atoms with Gasteiger partial charge in [0, 0.05) is 55.7 Å². The van der Waals surface area contributed by atoms with E-state index in [0.717, 1.165) is 59.8 Å². The molecule has 1 aliphatic rings. The summed E-state index contributed by atoms with van der Waals surface area (Å²) in [5.41, 5.74) is 4.77. The van der Waals surface area contributed by atoms with Crippen molar-refractivity contribution in [2.24, 2.45) is 0 Å². The monoisotopic (exact) mass is 659 g/mol. The third-order valence-corrected chi connectivity index (χ3v) is 8.46. The molecule has 3 aromatic rings. The summed E-state index contributed by atoms with van der Waals surface area (Å²) in [5.74, 6) is 0.441. The van der Waals surface area contributed by atoms with Crippen LogP contribution < -0.4 is 10.2 Å². The van der Waals surface area contributed by atoms with Gasteiger partial charge in [-0.15, -0.1) is 0 Å². The van der Waals surface area contributed by atoms with E-state index < -0.39 is 6.29 Å². The van der Waals surface area contributed by atoms with Crippen LogP contribution in [0.4, 0.5) is 4.79 Å². The SMILES string of the molecule is CCCCOC(=O)N(CCN(C(C)C)C(C)C)CC(=Cc1ccc(C(=O)NOC2CCCCO2)cc1)COc1cccc2ccccc12. The zero-order valence-electron chi connectivity index (χ0n) is 29.3. The number of fused-ring (bicyclic) bond motifs is 1. The molecule has 1 saturated heterocycles. The van der Waals surface area contributed by atoms with Crippen molar-refractivity contribution in [3.05, 3.63) is 83.4 Å². The van der Waals surface area contributed by atoms with Crippen molar-refractivity contribution in [2.75, 3.05) is 39.5 Å². The number of amides is 2. The van der Waals surface area contributed by atoms with Crippen LogP contribution in [-0.4, -0.2) is 79.6 Å². The van der Waals surface area contributed by atoms with Gasteiger partial charge in [-0.2, -0.15) is 0 Å². The van der Waals surface area contributed by atoms with E-state index in [1.54, 1.807) is 17.0 Å². The predicted molar refractivity (Wildman–Crippen MR) is 191 cm³/mol. The van der Waals surface area contributed by atoms with Crippen LogP contribution in [0.5, 0.6) is 5.75 Å². The summed E-state index contributed by atoms with van der Waals surface area (Å²) in [6.45, 7) is 13.6. The Morgan fingerprint density at radius 3 is 2.42 bits per heavy atom. The van der Waals surface area contributed by atoms with E-state index in [-0.39, 0.29) is 18.6 Å². The molecule has 0 radical (unpaired) electrons. The number of rotatable bonds is 17. The van der Waals surface area contributed by atoms with E-state index >= 15 is 0 Å². The summed E-state index contributed by atoms with van der Waals surface area (Å²) in [4.78, 5) is 35.8. The molecule has 9 heteroatoms. The second-order valence-corrected chi connectivity index (χ2v) is 12.9. The highest BCUT2D eigenvalue weighted by Gasteiger charge is 2.21. The molecule has 1 aliphatic heterocycles. The lowest BCUT2D eigenvalue weighted by Gasteiger charge is -2.33. The Labute approximate surface area is 286 Å². The molecular weight excluding hydrogens is 606 g/mol. The van der Waals surface area contributed by atoms with E-state index in [9.17, 15) is 9.59 Å². The maximum Gasteiger partial charge on any atom is 0.410 e. The van der Waals surface area contributed by atoms with E-state index in [1.807, 2.05) is 48.5 Å². The third kappa shape index (κ3) is 11.4. The highest BCUT2D eigenvalue weighted by atomic mass is 16.8. The van der Waals surface area contributed by atoms with Crippen molar-refractivity contribution >= 4 is 28.8 Å². The van der Waals surface area contributed by atoms with Crippen molar-refractivity contribution in [2.45, 2.75) is 85.1 Å². The molecule has 9 nitrogen and oxygen atoms in total. The lowest BCUT2D eigenvalue weighted by atomic mass is 10.1. The molecule has 4 rings (SSSR count). The summed E-state index contributed by atoms with van der Waals surface area (Å²) >= 11 is 0. The van der Waals surface area contributed by atoms with Crippen LogP contribution in [-0.2, 0) is 14.3 Å². The van der Waals surface area contributed by atoms with Crippen LogP contribution in [0, 0.1) is 0 Å². The van der Waals surface area contributed by atoms with Gasteiger partial charge < -0.3 is 19.1 Å². The summed E-state index contributed by atoms with van der Waals surface area (Å²) in [6.07, 6.45) is 5.80. The van der Waals surface area contributed by atoms with Gasteiger partial charge in [0.05, 0.1) is 6.61 Å². The van der Waals surface area contributed by atoms with E-state index in [2.05, 4.69) is 57.1 Å². The molecule has 2 amide bonds. The molecule has 1 heterocycles. The number of carbonyl (C=O) groups is 2. The Kier molecular flexibility index (Phi) is 14.7. The lowest BCUT2D eigenvalue weighted by Crippen LogP contribution is -2.45. The average molecular weight is 660 g/mol. The molecule has 3 aromatic carbocycles. The first-order chi connectivity index (χ1) is 23.2. The molecule has 0 aromatic heterocycles. The minimum absolute atomic E-state index is 0.266. The normalized spacial score (nSPS) is 15.2. The quantitative estimate of drug-likeness (QED) is 0.117. The minimum atomic E-state index is -0.418. The van der Waals surface area contributed by atoms with Crippen molar-refractivity contribution in [3.63, 3.8) is 0 Å². The molecule has 0 aliphatic carbocycles. The van der Waals surface area contributed by atoms with Crippen LogP contribution in [0.25, 0.3) is 16.8 Å². The number of hydrogen-bond acceptors (Lipinski definition) is 7. The Hall–Kier alpha value is -3.92. The maximum absolute atomic E-state index is 13.5. The van der Waals surface area contributed by atoms with E-state index in [0.29, 0.717) is 50.5 Å². The molecule has 1 fully saturated rings. The molecule has 48 heavy (non-hydrogen) atoms. The predicted octanol–water partition coefficient (Wildman–Crippen LogP) is 7.85. The number of nitrogens with zero attached hydrogens (tertiary/aromatic N) is 2. The van der Waals surface area contributed by atoms with Gasteiger partial charge >= 0.3 is 6.09 Å². The molecular formula is C39H53N3O6. The fourth-order valence-electron chi connectivity index (χ4n) is 5.80. The van der Waals surface area contributed by atoms with Crippen molar-refractivity contribution in [3.8, 4) is 5.75 Å². The number of benzene rings is 3. The minimum Gasteiger partial charge on any atom is -0.489 e. The fourth-order valence-corrected chi connectivity index (χ4v) is 5.80. The van der Waals surface area contributed by atoms with Gasteiger partial charge in [0.1, 0.15) is 12.4 Å². The number of hydrogen-bond donors (Lipinski definition) is 1. The summed E-state index contributed by atoms with van der Waals surface area (Å²) in [5, 5.41) is 2.12. The molecule has 0 saturated carbocycles. The van der Waals surface area contributed by atoms with Crippen LogP contribution in [0.2, 0.25) is 0 Å². The summed E-state index contributed by atoms with van der Waals surface area (Å²) in [7, 11) is 0. The number of unbranched alkanes of at least 4 members (excludes halogenated alkanes) is 1. The second-order valence-electron chi connectivity index (χ2n) is 12.9. The van der Waals surface area contributed by atoms with Gasteiger partial charge in [-0.3, -0.25) is 9.69 Å². The standard InChI is InChI=1S/C39H53N3O6/c1-6-7-24-46-39(44)41(22-23-42(29(2)3)30(4)5)27-32(28-47-36-16-12-14-33-13-8-9-15-35(33)36)26-31-18-20-34(21-19-31)38(43)40-48-37-17-10-11-25-45-37/h8-9,12-16,18-21,26,29-30,37H,6-7,10-11,17,22-25,27-28H2,1-5H3,(H,40,43). The number of carbonyl (C=O) groups excluding carboxylic acids is 2. The Balaban J connectivity index is 1.55. The van der Waals surface area contributed by atoms with Crippen molar-refractivity contribution < 1.29 is 28.6 Å². The van der Waals surface area contributed by atoms with Crippen LogP contribution in [0.3, 0.4) is 0 Å². The lowest BCUT2D eigenvalue weighted by molar-refractivity contribution is -0.186. The maximum atomic E-state index is 13.5. The highest BCUT2D eigenvalue weighted by Crippen LogP contribution is 2.26. The van der Waals surface area contributed by atoms with Gasteiger partial charge in [-0.25, -0.2) is 15.1 Å². The molecule has 1 unspecified atom stereocenters. The number of ether oxygens (including phenoxy) is 3.